The van der Waals surface area contributed by atoms with Crippen molar-refractivity contribution >= 4 is 27.8 Å². The van der Waals surface area contributed by atoms with Gasteiger partial charge in [-0.1, -0.05) is 42.5 Å². The van der Waals surface area contributed by atoms with Crippen LogP contribution in [-0.2, 0) is 0 Å². The topological polar surface area (TPSA) is 82.5 Å². The summed E-state index contributed by atoms with van der Waals surface area (Å²) in [6, 6.07) is 18.7. The monoisotopic (exact) mass is 394 g/mol. The van der Waals surface area contributed by atoms with Crippen molar-refractivity contribution in [3.63, 3.8) is 0 Å². The van der Waals surface area contributed by atoms with Crippen molar-refractivity contribution in [3.8, 4) is 11.1 Å². The number of nitrogens with two attached hydrogens (primary N) is 1. The molecule has 2 N–H and O–H groups in total. The van der Waals surface area contributed by atoms with Gasteiger partial charge in [0.1, 0.15) is 12.1 Å². The molecule has 0 aliphatic rings. The van der Waals surface area contributed by atoms with Crippen LogP contribution in [0, 0.1) is 13.8 Å². The average Bonchev–Trinajstić information content (AvgIpc) is 3.10. The maximum atomic E-state index is 6.10. The number of anilines is 1. The molecule has 5 aromatic rings. The van der Waals surface area contributed by atoms with E-state index in [0.29, 0.717) is 5.82 Å². The van der Waals surface area contributed by atoms with E-state index in [1.54, 1.807) is 0 Å². The molecule has 0 spiro atoms. The van der Waals surface area contributed by atoms with Crippen molar-refractivity contribution in [1.82, 2.24) is 24.7 Å². The number of aryl methyl sites for hydroxylation is 2. The standard InChI is InChI=1S/C24H22N6/c1-14-8-4-6-10-18(14)19-12-17-9-5-7-11-20(17)28-22(19)16(3)30-24-21(15(2)29-30)23(25)26-13-27-24/h4-13,16H,1-3H3,(H2,25,26,27). The van der Waals surface area contributed by atoms with Crippen molar-refractivity contribution < 1.29 is 0 Å². The van der Waals surface area contributed by atoms with Crippen LogP contribution in [0.4, 0.5) is 5.82 Å². The number of hydrogen-bond acceptors (Lipinski definition) is 5. The van der Waals surface area contributed by atoms with Gasteiger partial charge in [-0.05, 0) is 44.0 Å². The largest absolute Gasteiger partial charge is 0.383 e. The van der Waals surface area contributed by atoms with Crippen LogP contribution >= 0.6 is 0 Å². The molecule has 0 saturated heterocycles. The number of aromatic nitrogens is 5. The molecule has 1 atom stereocenters. The number of pyridine rings is 1. The predicted octanol–water partition coefficient (Wildman–Crippen LogP) is 4.85. The van der Waals surface area contributed by atoms with Gasteiger partial charge in [0.25, 0.3) is 0 Å². The van der Waals surface area contributed by atoms with E-state index in [1.165, 1.54) is 17.5 Å². The lowest BCUT2D eigenvalue weighted by Gasteiger charge is -2.19. The number of nitrogen functional groups attached to an aromatic ring is 1. The first-order valence-electron chi connectivity index (χ1n) is 9.95. The van der Waals surface area contributed by atoms with Crippen molar-refractivity contribution in [2.24, 2.45) is 0 Å². The lowest BCUT2D eigenvalue weighted by atomic mass is 9.95. The second-order valence-corrected chi connectivity index (χ2v) is 7.59. The summed E-state index contributed by atoms with van der Waals surface area (Å²) in [5.41, 5.74) is 13.0. The van der Waals surface area contributed by atoms with Crippen LogP contribution in [0.25, 0.3) is 33.1 Å². The second kappa shape index (κ2) is 6.91. The van der Waals surface area contributed by atoms with E-state index in [9.17, 15) is 0 Å². The number of nitrogens with zero attached hydrogens (tertiary/aromatic N) is 5. The fraction of sp³-hybridized carbons (Fsp3) is 0.167. The summed E-state index contributed by atoms with van der Waals surface area (Å²) in [4.78, 5) is 13.7. The molecule has 148 valence electrons. The van der Waals surface area contributed by atoms with Crippen LogP contribution in [-0.4, -0.2) is 24.7 Å². The summed E-state index contributed by atoms with van der Waals surface area (Å²) >= 11 is 0. The lowest BCUT2D eigenvalue weighted by molar-refractivity contribution is 0.564. The predicted molar refractivity (Wildman–Crippen MR) is 120 cm³/mol. The lowest BCUT2D eigenvalue weighted by Crippen LogP contribution is -2.13. The molecule has 3 aromatic heterocycles. The molecule has 0 bridgehead atoms. The number of benzene rings is 2. The van der Waals surface area contributed by atoms with Gasteiger partial charge in [-0.2, -0.15) is 5.10 Å². The number of rotatable bonds is 3. The highest BCUT2D eigenvalue weighted by Crippen LogP contribution is 2.35. The Morgan fingerprint density at radius 1 is 0.933 bits per heavy atom. The third-order valence-corrected chi connectivity index (χ3v) is 5.64. The Hall–Kier alpha value is -3.80. The minimum Gasteiger partial charge on any atom is -0.383 e. The zero-order chi connectivity index (χ0) is 20.8. The Balaban J connectivity index is 1.79. The second-order valence-electron chi connectivity index (χ2n) is 7.59. The summed E-state index contributed by atoms with van der Waals surface area (Å²) in [6.45, 7) is 6.16. The van der Waals surface area contributed by atoms with Gasteiger partial charge in [0.2, 0.25) is 0 Å². The molecule has 30 heavy (non-hydrogen) atoms. The van der Waals surface area contributed by atoms with Crippen molar-refractivity contribution in [3.05, 3.63) is 77.9 Å². The van der Waals surface area contributed by atoms with Gasteiger partial charge in [0.05, 0.1) is 28.3 Å². The van der Waals surface area contributed by atoms with E-state index >= 15 is 0 Å². The van der Waals surface area contributed by atoms with E-state index in [0.717, 1.165) is 38.9 Å². The third kappa shape index (κ3) is 2.80. The Morgan fingerprint density at radius 3 is 2.53 bits per heavy atom. The molecule has 6 heteroatoms. The highest BCUT2D eigenvalue weighted by Gasteiger charge is 2.22. The first-order valence-corrected chi connectivity index (χ1v) is 9.95. The minimum atomic E-state index is -0.144. The van der Waals surface area contributed by atoms with Gasteiger partial charge < -0.3 is 5.73 Å². The van der Waals surface area contributed by atoms with Crippen LogP contribution in [0.5, 0.6) is 0 Å². The van der Waals surface area contributed by atoms with Crippen LogP contribution in [0.1, 0.15) is 29.9 Å². The van der Waals surface area contributed by atoms with Gasteiger partial charge >= 0.3 is 0 Å². The summed E-state index contributed by atoms with van der Waals surface area (Å²) in [5, 5.41) is 6.66. The number of para-hydroxylation sites is 1. The molecule has 3 heterocycles. The highest BCUT2D eigenvalue weighted by atomic mass is 15.3. The van der Waals surface area contributed by atoms with E-state index in [2.05, 4.69) is 60.2 Å². The van der Waals surface area contributed by atoms with Crippen LogP contribution < -0.4 is 5.73 Å². The van der Waals surface area contributed by atoms with Gasteiger partial charge in [-0.25, -0.2) is 19.6 Å². The Labute approximate surface area is 174 Å². The van der Waals surface area contributed by atoms with Gasteiger partial charge in [0, 0.05) is 10.9 Å². The first-order chi connectivity index (χ1) is 14.5. The van der Waals surface area contributed by atoms with Crippen LogP contribution in [0.3, 0.4) is 0 Å². The maximum absolute atomic E-state index is 6.10. The van der Waals surface area contributed by atoms with Crippen LogP contribution in [0.15, 0.2) is 60.9 Å². The highest BCUT2D eigenvalue weighted by molar-refractivity contribution is 5.89. The normalized spacial score (nSPS) is 12.5. The third-order valence-electron chi connectivity index (χ3n) is 5.64. The molecule has 6 nitrogen and oxygen atoms in total. The summed E-state index contributed by atoms with van der Waals surface area (Å²) in [7, 11) is 0. The number of fused-ring (bicyclic) bond motifs is 2. The van der Waals surface area contributed by atoms with E-state index in [-0.39, 0.29) is 6.04 Å². The summed E-state index contributed by atoms with van der Waals surface area (Å²) in [6.07, 6.45) is 1.48. The molecule has 0 radical (unpaired) electrons. The van der Waals surface area contributed by atoms with Gasteiger partial charge in [0.15, 0.2) is 5.65 Å². The van der Waals surface area contributed by atoms with Crippen molar-refractivity contribution in [2.75, 3.05) is 5.73 Å². The fourth-order valence-electron chi connectivity index (χ4n) is 4.10. The van der Waals surface area contributed by atoms with E-state index < -0.39 is 0 Å². The SMILES string of the molecule is Cc1ccccc1-c1cc2ccccc2nc1C(C)n1nc(C)c2c(N)ncnc21. The summed E-state index contributed by atoms with van der Waals surface area (Å²) in [5.74, 6) is 0.446. The fourth-order valence-corrected chi connectivity index (χ4v) is 4.10. The van der Waals surface area contributed by atoms with Crippen molar-refractivity contribution in [2.45, 2.75) is 26.8 Å². The maximum Gasteiger partial charge on any atom is 0.164 e. The Morgan fingerprint density at radius 2 is 1.70 bits per heavy atom. The van der Waals surface area contributed by atoms with Gasteiger partial charge in [-0.15, -0.1) is 0 Å². The molecule has 1 unspecified atom stereocenters. The molecular weight excluding hydrogens is 372 g/mol. The average molecular weight is 394 g/mol. The first kappa shape index (κ1) is 18.2. The smallest absolute Gasteiger partial charge is 0.164 e. The molecule has 0 aliphatic heterocycles. The summed E-state index contributed by atoms with van der Waals surface area (Å²) < 4.78 is 1.90. The molecular formula is C24H22N6. The minimum absolute atomic E-state index is 0.144. The Kier molecular flexibility index (Phi) is 4.20. The Bertz CT molecular complexity index is 1400. The molecule has 5 rings (SSSR count). The van der Waals surface area contributed by atoms with Crippen LogP contribution in [0.2, 0.25) is 0 Å². The van der Waals surface area contributed by atoms with E-state index in [4.69, 9.17) is 15.8 Å². The molecule has 0 amide bonds. The zero-order valence-electron chi connectivity index (χ0n) is 17.2. The zero-order valence-corrected chi connectivity index (χ0v) is 17.2. The van der Waals surface area contributed by atoms with Crippen molar-refractivity contribution in [1.29, 1.82) is 0 Å². The van der Waals surface area contributed by atoms with Gasteiger partial charge in [-0.3, -0.25) is 0 Å². The molecule has 0 fully saturated rings. The number of hydrogen-bond donors (Lipinski definition) is 1. The quantitative estimate of drug-likeness (QED) is 0.473. The molecule has 0 aliphatic carbocycles. The van der Waals surface area contributed by atoms with E-state index in [1.807, 2.05) is 29.8 Å². The molecule has 2 aromatic carbocycles. The molecule has 0 saturated carbocycles.